The quantitative estimate of drug-likeness (QED) is 0.881. The number of carbonyl (C=O) groups excluding carboxylic acids is 1. The summed E-state index contributed by atoms with van der Waals surface area (Å²) in [5, 5.41) is 3.94. The highest BCUT2D eigenvalue weighted by Gasteiger charge is 2.20. The molecule has 0 radical (unpaired) electrons. The number of carbonyl (C=O) groups is 1. The zero-order valence-electron chi connectivity index (χ0n) is 12.3. The van der Waals surface area contributed by atoms with Gasteiger partial charge in [-0.25, -0.2) is 0 Å². The van der Waals surface area contributed by atoms with E-state index in [0.29, 0.717) is 6.54 Å². The molecule has 20 heavy (non-hydrogen) atoms. The number of aryl methyl sites for hydroxylation is 1. The summed E-state index contributed by atoms with van der Waals surface area (Å²) in [6.45, 7) is 6.39. The highest BCUT2D eigenvalue weighted by atomic mass is 16.3. The van der Waals surface area contributed by atoms with Gasteiger partial charge >= 0.3 is 0 Å². The molecule has 2 unspecified atom stereocenters. The smallest absolute Gasteiger partial charge is 0.237 e. The van der Waals surface area contributed by atoms with E-state index < -0.39 is 6.04 Å². The number of hydrogen-bond donors (Lipinski definition) is 2. The summed E-state index contributed by atoms with van der Waals surface area (Å²) in [6, 6.07) is 7.39. The van der Waals surface area contributed by atoms with E-state index in [0.717, 1.165) is 28.7 Å². The second kappa shape index (κ2) is 6.09. The monoisotopic (exact) mass is 274 g/mol. The molecule has 1 aromatic carbocycles. The maximum Gasteiger partial charge on any atom is 0.237 e. The van der Waals surface area contributed by atoms with Crippen LogP contribution in [0.3, 0.4) is 0 Å². The van der Waals surface area contributed by atoms with Crippen LogP contribution in [0.5, 0.6) is 0 Å². The SMILES string of the molecule is CCC(C)C(N)C(=O)NCc1oc2ccccc2c1C. The molecule has 2 atom stereocenters. The second-order valence-corrected chi connectivity index (χ2v) is 5.28. The predicted molar refractivity (Wildman–Crippen MR) is 80.2 cm³/mol. The van der Waals surface area contributed by atoms with Crippen LogP contribution >= 0.6 is 0 Å². The lowest BCUT2D eigenvalue weighted by Gasteiger charge is -2.17. The van der Waals surface area contributed by atoms with E-state index in [4.69, 9.17) is 10.2 Å². The molecule has 1 aromatic heterocycles. The number of rotatable bonds is 5. The van der Waals surface area contributed by atoms with E-state index in [1.807, 2.05) is 45.0 Å². The average molecular weight is 274 g/mol. The molecule has 1 heterocycles. The summed E-state index contributed by atoms with van der Waals surface area (Å²) in [7, 11) is 0. The minimum Gasteiger partial charge on any atom is -0.459 e. The molecule has 0 fully saturated rings. The number of furan rings is 1. The third-order valence-electron chi connectivity index (χ3n) is 3.93. The van der Waals surface area contributed by atoms with Gasteiger partial charge < -0.3 is 15.5 Å². The van der Waals surface area contributed by atoms with Crippen molar-refractivity contribution in [3.8, 4) is 0 Å². The number of amides is 1. The average Bonchev–Trinajstić information content (AvgIpc) is 2.80. The Labute approximate surface area is 119 Å². The van der Waals surface area contributed by atoms with Crippen molar-refractivity contribution in [1.29, 1.82) is 0 Å². The Kier molecular flexibility index (Phi) is 4.45. The molecule has 4 heteroatoms. The van der Waals surface area contributed by atoms with E-state index in [1.165, 1.54) is 0 Å². The fourth-order valence-corrected chi connectivity index (χ4v) is 2.19. The minimum atomic E-state index is -0.468. The minimum absolute atomic E-state index is 0.126. The standard InChI is InChI=1S/C16H22N2O2/c1-4-10(2)15(17)16(19)18-9-14-11(3)12-7-5-6-8-13(12)20-14/h5-8,10,15H,4,9,17H2,1-3H3,(H,18,19). The van der Waals surface area contributed by atoms with Crippen LogP contribution < -0.4 is 11.1 Å². The van der Waals surface area contributed by atoms with Crippen LogP contribution in [0, 0.1) is 12.8 Å². The van der Waals surface area contributed by atoms with Crippen LogP contribution in [0.2, 0.25) is 0 Å². The van der Waals surface area contributed by atoms with E-state index in [1.54, 1.807) is 0 Å². The Bertz CT molecular complexity index is 604. The van der Waals surface area contributed by atoms with Gasteiger partial charge in [0.15, 0.2) is 0 Å². The van der Waals surface area contributed by atoms with Gasteiger partial charge in [-0.1, -0.05) is 38.5 Å². The number of nitrogens with two attached hydrogens (primary N) is 1. The molecule has 0 bridgehead atoms. The number of benzene rings is 1. The van der Waals surface area contributed by atoms with Crippen LogP contribution in [0.1, 0.15) is 31.6 Å². The van der Waals surface area contributed by atoms with E-state index in [2.05, 4.69) is 5.32 Å². The maximum absolute atomic E-state index is 12.0. The first kappa shape index (κ1) is 14.6. The predicted octanol–water partition coefficient (Wildman–Crippen LogP) is 2.73. The van der Waals surface area contributed by atoms with Crippen molar-refractivity contribution in [2.75, 3.05) is 0 Å². The molecule has 0 spiro atoms. The number of nitrogens with one attached hydrogen (secondary N) is 1. The first-order valence-corrected chi connectivity index (χ1v) is 7.04. The van der Waals surface area contributed by atoms with Crippen molar-refractivity contribution in [1.82, 2.24) is 5.32 Å². The van der Waals surface area contributed by atoms with Gasteiger partial charge in [-0.05, 0) is 18.9 Å². The van der Waals surface area contributed by atoms with Crippen LogP contribution in [-0.4, -0.2) is 11.9 Å². The van der Waals surface area contributed by atoms with E-state index >= 15 is 0 Å². The summed E-state index contributed by atoms with van der Waals surface area (Å²) in [5.41, 5.74) is 7.82. The Morgan fingerprint density at radius 1 is 1.40 bits per heavy atom. The number of para-hydroxylation sites is 1. The first-order chi connectivity index (χ1) is 9.54. The molecule has 3 N–H and O–H groups in total. The van der Waals surface area contributed by atoms with Gasteiger partial charge in [-0.2, -0.15) is 0 Å². The molecular weight excluding hydrogens is 252 g/mol. The molecule has 108 valence electrons. The molecule has 0 saturated heterocycles. The summed E-state index contributed by atoms with van der Waals surface area (Å²) < 4.78 is 5.76. The third-order valence-corrected chi connectivity index (χ3v) is 3.93. The topological polar surface area (TPSA) is 68.3 Å². The van der Waals surface area contributed by atoms with Crippen molar-refractivity contribution >= 4 is 16.9 Å². The van der Waals surface area contributed by atoms with Crippen molar-refractivity contribution in [2.24, 2.45) is 11.7 Å². The Hall–Kier alpha value is -1.81. The van der Waals surface area contributed by atoms with Crippen molar-refractivity contribution in [3.05, 3.63) is 35.6 Å². The van der Waals surface area contributed by atoms with Crippen LogP contribution in [0.15, 0.2) is 28.7 Å². The Morgan fingerprint density at radius 2 is 2.10 bits per heavy atom. The van der Waals surface area contributed by atoms with Crippen LogP contribution in [-0.2, 0) is 11.3 Å². The van der Waals surface area contributed by atoms with Gasteiger partial charge in [0.25, 0.3) is 0 Å². The lowest BCUT2D eigenvalue weighted by atomic mass is 9.99. The van der Waals surface area contributed by atoms with Gasteiger partial charge in [-0.15, -0.1) is 0 Å². The summed E-state index contributed by atoms with van der Waals surface area (Å²) in [4.78, 5) is 12.0. The highest BCUT2D eigenvalue weighted by molar-refractivity contribution is 5.83. The van der Waals surface area contributed by atoms with Gasteiger partial charge in [0.1, 0.15) is 11.3 Å². The van der Waals surface area contributed by atoms with Gasteiger partial charge in [0.05, 0.1) is 12.6 Å². The lowest BCUT2D eigenvalue weighted by molar-refractivity contribution is -0.123. The molecule has 2 rings (SSSR count). The number of fused-ring (bicyclic) bond motifs is 1. The van der Waals surface area contributed by atoms with Crippen molar-refractivity contribution in [2.45, 2.75) is 39.8 Å². The van der Waals surface area contributed by atoms with Crippen LogP contribution in [0.25, 0.3) is 11.0 Å². The highest BCUT2D eigenvalue weighted by Crippen LogP contribution is 2.24. The molecular formula is C16H22N2O2. The van der Waals surface area contributed by atoms with Crippen LogP contribution in [0.4, 0.5) is 0 Å². The molecule has 0 aliphatic heterocycles. The molecule has 4 nitrogen and oxygen atoms in total. The first-order valence-electron chi connectivity index (χ1n) is 7.04. The maximum atomic E-state index is 12.0. The molecule has 0 saturated carbocycles. The molecule has 0 aliphatic carbocycles. The largest absolute Gasteiger partial charge is 0.459 e. The fourth-order valence-electron chi connectivity index (χ4n) is 2.19. The van der Waals surface area contributed by atoms with Gasteiger partial charge in [0, 0.05) is 10.9 Å². The summed E-state index contributed by atoms with van der Waals surface area (Å²) in [5.74, 6) is 0.835. The lowest BCUT2D eigenvalue weighted by Crippen LogP contribution is -2.44. The summed E-state index contributed by atoms with van der Waals surface area (Å²) in [6.07, 6.45) is 0.887. The van der Waals surface area contributed by atoms with Crippen molar-refractivity contribution < 1.29 is 9.21 Å². The van der Waals surface area contributed by atoms with Gasteiger partial charge in [0.2, 0.25) is 5.91 Å². The van der Waals surface area contributed by atoms with Gasteiger partial charge in [-0.3, -0.25) is 4.79 Å². The second-order valence-electron chi connectivity index (χ2n) is 5.28. The molecule has 1 amide bonds. The Morgan fingerprint density at radius 3 is 2.75 bits per heavy atom. The normalized spacial score (nSPS) is 14.2. The molecule has 2 aromatic rings. The van der Waals surface area contributed by atoms with Crippen molar-refractivity contribution in [3.63, 3.8) is 0 Å². The zero-order chi connectivity index (χ0) is 14.7. The fraction of sp³-hybridized carbons (Fsp3) is 0.438. The molecule has 0 aliphatic rings. The zero-order valence-corrected chi connectivity index (χ0v) is 12.3. The third kappa shape index (κ3) is 2.85. The number of hydrogen-bond acceptors (Lipinski definition) is 3. The summed E-state index contributed by atoms with van der Waals surface area (Å²) >= 11 is 0. The van der Waals surface area contributed by atoms with E-state index in [-0.39, 0.29) is 11.8 Å². The van der Waals surface area contributed by atoms with E-state index in [9.17, 15) is 4.79 Å². The Balaban J connectivity index is 2.06.